The van der Waals surface area contributed by atoms with Gasteiger partial charge in [0.1, 0.15) is 0 Å². The zero-order valence-corrected chi connectivity index (χ0v) is 11.3. The summed E-state index contributed by atoms with van der Waals surface area (Å²) >= 11 is 4.98. The molecule has 1 atom stereocenters. The van der Waals surface area contributed by atoms with Crippen molar-refractivity contribution in [1.29, 1.82) is 0 Å². The highest BCUT2D eigenvalue weighted by Crippen LogP contribution is 2.07. The van der Waals surface area contributed by atoms with Gasteiger partial charge in [0.25, 0.3) is 0 Å². The van der Waals surface area contributed by atoms with Gasteiger partial charge in [0.05, 0.1) is 24.1 Å². The van der Waals surface area contributed by atoms with E-state index in [1.165, 1.54) is 0 Å². The lowest BCUT2D eigenvalue weighted by Crippen LogP contribution is -2.54. The molecule has 98 valence electrons. The molecule has 1 saturated heterocycles. The van der Waals surface area contributed by atoms with Crippen LogP contribution in [0, 0.1) is 0 Å². The van der Waals surface area contributed by atoms with Crippen molar-refractivity contribution in [2.24, 2.45) is 5.73 Å². The Morgan fingerprint density at radius 2 is 2.00 bits per heavy atom. The number of thiocarbonyl (C=S) groups is 1. The summed E-state index contributed by atoms with van der Waals surface area (Å²) in [4.78, 5) is 16.3. The van der Waals surface area contributed by atoms with Crippen molar-refractivity contribution in [1.82, 2.24) is 9.80 Å². The predicted molar refractivity (Wildman–Crippen MR) is 70.9 cm³/mol. The first-order chi connectivity index (χ1) is 8.06. The first-order valence-corrected chi connectivity index (χ1v) is 6.27. The van der Waals surface area contributed by atoms with Gasteiger partial charge in [0.2, 0.25) is 5.91 Å². The second kappa shape index (κ2) is 6.88. The van der Waals surface area contributed by atoms with Crippen LogP contribution < -0.4 is 5.73 Å². The molecule has 0 aliphatic carbocycles. The van der Waals surface area contributed by atoms with Gasteiger partial charge in [-0.05, 0) is 6.92 Å². The minimum atomic E-state index is 0.112. The average molecular weight is 259 g/mol. The number of carbonyl (C=O) groups is 1. The molecule has 0 aromatic rings. The van der Waals surface area contributed by atoms with Crippen LogP contribution in [0.15, 0.2) is 0 Å². The van der Waals surface area contributed by atoms with Crippen LogP contribution in [-0.4, -0.2) is 66.6 Å². The zero-order valence-electron chi connectivity index (χ0n) is 10.5. The van der Waals surface area contributed by atoms with E-state index in [4.69, 9.17) is 22.7 Å². The summed E-state index contributed by atoms with van der Waals surface area (Å²) < 4.78 is 4.90. The van der Waals surface area contributed by atoms with E-state index in [2.05, 4.69) is 4.90 Å². The maximum Gasteiger partial charge on any atom is 0.224 e. The Balaban J connectivity index is 2.35. The molecule has 1 amide bonds. The number of piperazine rings is 1. The van der Waals surface area contributed by atoms with Crippen LogP contribution in [0.4, 0.5) is 0 Å². The molecule has 17 heavy (non-hydrogen) atoms. The van der Waals surface area contributed by atoms with Crippen molar-refractivity contribution < 1.29 is 9.53 Å². The smallest absolute Gasteiger partial charge is 0.224 e. The molecule has 1 heterocycles. The van der Waals surface area contributed by atoms with E-state index in [1.807, 2.05) is 11.8 Å². The molecule has 2 N–H and O–H groups in total. The van der Waals surface area contributed by atoms with E-state index in [1.54, 1.807) is 7.11 Å². The van der Waals surface area contributed by atoms with E-state index in [9.17, 15) is 4.79 Å². The fourth-order valence-electron chi connectivity index (χ4n) is 1.89. The molecule has 1 rings (SSSR count). The van der Waals surface area contributed by atoms with Gasteiger partial charge in [-0.3, -0.25) is 9.69 Å². The van der Waals surface area contributed by atoms with Crippen molar-refractivity contribution in [2.45, 2.75) is 19.4 Å². The fourth-order valence-corrected chi connectivity index (χ4v) is 2.04. The molecule has 1 aliphatic heterocycles. The molecule has 0 radical (unpaired) electrons. The maximum absolute atomic E-state index is 11.7. The summed E-state index contributed by atoms with van der Waals surface area (Å²) in [5.41, 5.74) is 5.62. The number of hydrogen-bond donors (Lipinski definition) is 1. The minimum absolute atomic E-state index is 0.112. The van der Waals surface area contributed by atoms with E-state index >= 15 is 0 Å². The Labute approximate surface area is 108 Å². The lowest BCUT2D eigenvalue weighted by atomic mass is 10.2. The number of carbonyl (C=O) groups excluding carboxylic acids is 1. The topological polar surface area (TPSA) is 58.8 Å². The first-order valence-electron chi connectivity index (χ1n) is 5.86. The molecule has 1 unspecified atom stereocenters. The number of methoxy groups -OCH3 is 1. The molecule has 0 spiro atoms. The summed E-state index contributed by atoms with van der Waals surface area (Å²) in [5, 5.41) is 0. The van der Waals surface area contributed by atoms with Gasteiger partial charge in [-0.2, -0.15) is 0 Å². The van der Waals surface area contributed by atoms with E-state index in [-0.39, 0.29) is 11.9 Å². The van der Waals surface area contributed by atoms with Gasteiger partial charge in [-0.25, -0.2) is 0 Å². The van der Waals surface area contributed by atoms with Gasteiger partial charge in [0.15, 0.2) is 0 Å². The Morgan fingerprint density at radius 1 is 1.41 bits per heavy atom. The molecule has 0 bridgehead atoms. The van der Waals surface area contributed by atoms with Crippen LogP contribution >= 0.6 is 12.2 Å². The first kappa shape index (κ1) is 14.3. The van der Waals surface area contributed by atoms with Crippen LogP contribution in [0.1, 0.15) is 13.3 Å². The third-order valence-corrected chi connectivity index (χ3v) is 3.49. The summed E-state index contributed by atoms with van der Waals surface area (Å²) in [5.74, 6) is 0.162. The fraction of sp³-hybridized carbons (Fsp3) is 0.818. The highest BCUT2D eigenvalue weighted by molar-refractivity contribution is 7.80. The lowest BCUT2D eigenvalue weighted by molar-refractivity contribution is -0.134. The van der Waals surface area contributed by atoms with Gasteiger partial charge < -0.3 is 15.4 Å². The van der Waals surface area contributed by atoms with Gasteiger partial charge in [-0.1, -0.05) is 12.2 Å². The standard InChI is InChI=1S/C11H21N3O2S/c1-9(11(12)17)13-4-6-14(7-5-13)10(15)3-8-16-2/h9H,3-8H2,1-2H3,(H2,12,17). The van der Waals surface area contributed by atoms with Gasteiger partial charge >= 0.3 is 0 Å². The normalized spacial score (nSPS) is 19.1. The van der Waals surface area contributed by atoms with Crippen molar-refractivity contribution >= 4 is 23.1 Å². The second-order valence-electron chi connectivity index (χ2n) is 4.24. The summed E-state index contributed by atoms with van der Waals surface area (Å²) in [6, 6.07) is 0.112. The van der Waals surface area contributed by atoms with Crippen molar-refractivity contribution in [2.75, 3.05) is 39.9 Å². The van der Waals surface area contributed by atoms with Gasteiger partial charge in [-0.15, -0.1) is 0 Å². The Morgan fingerprint density at radius 3 is 2.47 bits per heavy atom. The molecule has 0 aromatic carbocycles. The van der Waals surface area contributed by atoms with E-state index in [0.717, 1.165) is 26.2 Å². The molecule has 6 heteroatoms. The van der Waals surface area contributed by atoms with E-state index in [0.29, 0.717) is 18.0 Å². The van der Waals surface area contributed by atoms with Crippen molar-refractivity contribution in [3.05, 3.63) is 0 Å². The Bertz CT molecular complexity index is 278. The highest BCUT2D eigenvalue weighted by atomic mass is 32.1. The molecular formula is C11H21N3O2S. The van der Waals surface area contributed by atoms with Crippen LogP contribution in [-0.2, 0) is 9.53 Å². The summed E-state index contributed by atoms with van der Waals surface area (Å²) in [6.45, 7) is 5.65. The molecule has 0 saturated carbocycles. The lowest BCUT2D eigenvalue weighted by Gasteiger charge is -2.37. The number of amides is 1. The third-order valence-electron chi connectivity index (χ3n) is 3.15. The molecule has 0 aromatic heterocycles. The number of nitrogens with two attached hydrogens (primary N) is 1. The monoisotopic (exact) mass is 259 g/mol. The number of rotatable bonds is 5. The molecule has 1 fully saturated rings. The quantitative estimate of drug-likeness (QED) is 0.695. The van der Waals surface area contributed by atoms with Crippen LogP contribution in [0.25, 0.3) is 0 Å². The molecular weight excluding hydrogens is 238 g/mol. The minimum Gasteiger partial charge on any atom is -0.392 e. The number of ether oxygens (including phenoxy) is 1. The Hall–Kier alpha value is -0.720. The zero-order chi connectivity index (χ0) is 12.8. The van der Waals surface area contributed by atoms with Crippen molar-refractivity contribution in [3.63, 3.8) is 0 Å². The van der Waals surface area contributed by atoms with E-state index < -0.39 is 0 Å². The van der Waals surface area contributed by atoms with Gasteiger partial charge in [0, 0.05) is 33.3 Å². The highest BCUT2D eigenvalue weighted by Gasteiger charge is 2.24. The predicted octanol–water partition coefficient (Wildman–Crippen LogP) is -0.158. The van der Waals surface area contributed by atoms with Crippen molar-refractivity contribution in [3.8, 4) is 0 Å². The SMILES string of the molecule is COCCC(=O)N1CCN(C(C)C(N)=S)CC1. The average Bonchev–Trinajstić information content (AvgIpc) is 2.35. The second-order valence-corrected chi connectivity index (χ2v) is 4.71. The maximum atomic E-state index is 11.7. The largest absolute Gasteiger partial charge is 0.392 e. The number of nitrogens with zero attached hydrogens (tertiary/aromatic N) is 2. The molecule has 5 nitrogen and oxygen atoms in total. The summed E-state index contributed by atoms with van der Waals surface area (Å²) in [6.07, 6.45) is 0.460. The summed E-state index contributed by atoms with van der Waals surface area (Å²) in [7, 11) is 1.61. The van der Waals surface area contributed by atoms with Crippen LogP contribution in [0.2, 0.25) is 0 Å². The Kier molecular flexibility index (Phi) is 5.80. The third kappa shape index (κ3) is 4.22. The number of hydrogen-bond acceptors (Lipinski definition) is 4. The van der Waals surface area contributed by atoms with Crippen LogP contribution in [0.3, 0.4) is 0 Å². The molecule has 1 aliphatic rings. The van der Waals surface area contributed by atoms with Crippen LogP contribution in [0.5, 0.6) is 0 Å².